The van der Waals surface area contributed by atoms with Gasteiger partial charge < -0.3 is 14.5 Å². The fraction of sp³-hybridized carbons (Fsp3) is 0.588. The van der Waals surface area contributed by atoms with Crippen LogP contribution < -0.4 is 0 Å². The van der Waals surface area contributed by atoms with E-state index in [1.807, 2.05) is 13.0 Å². The lowest BCUT2D eigenvalue weighted by molar-refractivity contribution is 0.0721. The maximum Gasteiger partial charge on any atom is 0.259 e. The lowest BCUT2D eigenvalue weighted by atomic mass is 10.1. The molecule has 0 unspecified atom stereocenters. The molecule has 6 nitrogen and oxygen atoms in total. The molecule has 23 heavy (non-hydrogen) atoms. The third kappa shape index (κ3) is 3.22. The number of nitrogens with zero attached hydrogens (tertiary/aromatic N) is 3. The summed E-state index contributed by atoms with van der Waals surface area (Å²) >= 11 is 0. The highest BCUT2D eigenvalue weighted by molar-refractivity contribution is 6.06. The van der Waals surface area contributed by atoms with Crippen molar-refractivity contribution in [3.8, 4) is 0 Å². The highest BCUT2D eigenvalue weighted by Gasteiger charge is 2.29. The first-order chi connectivity index (χ1) is 11.2. The number of aromatic nitrogens is 2. The van der Waals surface area contributed by atoms with E-state index in [9.17, 15) is 9.90 Å². The minimum atomic E-state index is -0.0758. The zero-order valence-electron chi connectivity index (χ0n) is 13.7. The number of carbonyl (C=O) groups is 1. The summed E-state index contributed by atoms with van der Waals surface area (Å²) in [6.07, 6.45) is 4.13. The molecular formula is C17H23N3O3. The summed E-state index contributed by atoms with van der Waals surface area (Å²) in [7, 11) is 0. The largest absolute Gasteiger partial charge is 0.395 e. The van der Waals surface area contributed by atoms with Crippen LogP contribution in [-0.2, 0) is 0 Å². The monoisotopic (exact) mass is 317 g/mol. The van der Waals surface area contributed by atoms with Crippen molar-refractivity contribution in [2.45, 2.75) is 45.4 Å². The number of aryl methyl sites for hydroxylation is 1. The molecule has 3 rings (SSSR count). The first kappa shape index (κ1) is 15.9. The number of hydrogen-bond donors (Lipinski definition) is 1. The molecule has 1 aliphatic rings. The molecule has 1 fully saturated rings. The van der Waals surface area contributed by atoms with Crippen molar-refractivity contribution >= 4 is 17.0 Å². The summed E-state index contributed by atoms with van der Waals surface area (Å²) in [5.74, 6) is 0.353. The Hall–Kier alpha value is -1.95. The molecule has 2 aromatic heterocycles. The minimum absolute atomic E-state index is 0.0399. The van der Waals surface area contributed by atoms with E-state index in [1.54, 1.807) is 4.90 Å². The molecule has 0 atom stereocenters. The summed E-state index contributed by atoms with van der Waals surface area (Å²) in [6.45, 7) is 4.85. The summed E-state index contributed by atoms with van der Waals surface area (Å²) in [6, 6.07) is 1.89. The van der Waals surface area contributed by atoms with Crippen molar-refractivity contribution in [2.24, 2.45) is 0 Å². The molecule has 0 saturated heterocycles. The van der Waals surface area contributed by atoms with Gasteiger partial charge in [0.05, 0.1) is 23.3 Å². The predicted molar refractivity (Wildman–Crippen MR) is 86.4 cm³/mol. The Kier molecular flexibility index (Phi) is 4.61. The fourth-order valence-corrected chi connectivity index (χ4v) is 2.83. The van der Waals surface area contributed by atoms with Crippen molar-refractivity contribution < 1.29 is 14.4 Å². The quantitative estimate of drug-likeness (QED) is 0.849. The summed E-state index contributed by atoms with van der Waals surface area (Å²) in [5, 5.41) is 13.9. The van der Waals surface area contributed by atoms with E-state index in [4.69, 9.17) is 4.52 Å². The molecule has 0 radical (unpaired) electrons. The van der Waals surface area contributed by atoms with Crippen LogP contribution in [-0.4, -0.2) is 45.8 Å². The second-order valence-corrected chi connectivity index (χ2v) is 6.19. The Morgan fingerprint density at radius 1 is 1.43 bits per heavy atom. The van der Waals surface area contributed by atoms with Gasteiger partial charge in [-0.2, -0.15) is 0 Å². The van der Waals surface area contributed by atoms with Gasteiger partial charge in [-0.05, 0) is 32.3 Å². The van der Waals surface area contributed by atoms with Crippen LogP contribution in [0.4, 0.5) is 0 Å². The van der Waals surface area contributed by atoms with Gasteiger partial charge in [0.1, 0.15) is 0 Å². The van der Waals surface area contributed by atoms with Crippen molar-refractivity contribution in [1.29, 1.82) is 0 Å². The van der Waals surface area contributed by atoms with E-state index in [-0.39, 0.29) is 12.5 Å². The molecule has 2 heterocycles. The number of amides is 1. The summed E-state index contributed by atoms with van der Waals surface area (Å²) in [5.41, 5.74) is 2.63. The molecule has 0 bridgehead atoms. The molecule has 124 valence electrons. The number of aliphatic hydroxyl groups excluding tert-OH is 1. The van der Waals surface area contributed by atoms with Gasteiger partial charge in [-0.1, -0.05) is 18.5 Å². The SMILES string of the molecule is CCCCN(CCO)C(=O)c1cc(C2CC2)nc2onc(C)c12. The number of fused-ring (bicyclic) bond motifs is 1. The Balaban J connectivity index is 2.01. The van der Waals surface area contributed by atoms with Gasteiger partial charge in [0.25, 0.3) is 11.6 Å². The lowest BCUT2D eigenvalue weighted by Gasteiger charge is -2.22. The molecule has 2 aromatic rings. The van der Waals surface area contributed by atoms with Gasteiger partial charge in [0.15, 0.2) is 0 Å². The zero-order valence-corrected chi connectivity index (χ0v) is 13.7. The third-order valence-electron chi connectivity index (χ3n) is 4.30. The molecule has 1 saturated carbocycles. The first-order valence-corrected chi connectivity index (χ1v) is 8.32. The van der Waals surface area contributed by atoms with Crippen LogP contribution in [0.3, 0.4) is 0 Å². The van der Waals surface area contributed by atoms with E-state index in [0.717, 1.165) is 31.4 Å². The van der Waals surface area contributed by atoms with Crippen LogP contribution in [0.5, 0.6) is 0 Å². The maximum atomic E-state index is 13.0. The van der Waals surface area contributed by atoms with Crippen LogP contribution in [0.15, 0.2) is 10.6 Å². The van der Waals surface area contributed by atoms with E-state index in [2.05, 4.69) is 17.1 Å². The molecule has 0 spiro atoms. The summed E-state index contributed by atoms with van der Waals surface area (Å²) < 4.78 is 5.30. The Morgan fingerprint density at radius 3 is 2.87 bits per heavy atom. The van der Waals surface area contributed by atoms with Gasteiger partial charge in [-0.15, -0.1) is 0 Å². The van der Waals surface area contributed by atoms with E-state index < -0.39 is 0 Å². The Bertz CT molecular complexity index is 706. The van der Waals surface area contributed by atoms with E-state index in [1.165, 1.54) is 0 Å². The van der Waals surface area contributed by atoms with E-state index >= 15 is 0 Å². The Labute approximate surface area is 135 Å². The maximum absolute atomic E-state index is 13.0. The fourth-order valence-electron chi connectivity index (χ4n) is 2.83. The van der Waals surface area contributed by atoms with Crippen molar-refractivity contribution in [2.75, 3.05) is 19.7 Å². The molecule has 0 aromatic carbocycles. The average molecular weight is 317 g/mol. The van der Waals surface area contributed by atoms with Crippen molar-refractivity contribution in [3.05, 3.63) is 23.0 Å². The highest BCUT2D eigenvalue weighted by Crippen LogP contribution is 2.40. The molecule has 0 aliphatic heterocycles. The van der Waals surface area contributed by atoms with Crippen LogP contribution in [0.1, 0.15) is 60.3 Å². The zero-order chi connectivity index (χ0) is 16.4. The van der Waals surface area contributed by atoms with Gasteiger partial charge in [0.2, 0.25) is 0 Å². The van der Waals surface area contributed by atoms with Crippen LogP contribution in [0.2, 0.25) is 0 Å². The second-order valence-electron chi connectivity index (χ2n) is 6.19. The van der Waals surface area contributed by atoms with Gasteiger partial charge in [-0.3, -0.25) is 4.79 Å². The second kappa shape index (κ2) is 6.66. The van der Waals surface area contributed by atoms with Gasteiger partial charge in [-0.25, -0.2) is 4.98 Å². The number of pyridine rings is 1. The Morgan fingerprint density at radius 2 is 2.22 bits per heavy atom. The smallest absolute Gasteiger partial charge is 0.259 e. The van der Waals surface area contributed by atoms with Crippen LogP contribution in [0, 0.1) is 6.92 Å². The number of rotatable bonds is 7. The molecule has 1 aliphatic carbocycles. The molecule has 1 N–H and O–H groups in total. The standard InChI is InChI=1S/C17H23N3O3/c1-3-4-7-20(8-9-21)17(22)13-10-14(12-5-6-12)18-16-15(13)11(2)19-23-16/h10,12,21H,3-9H2,1-2H3. The van der Waals surface area contributed by atoms with E-state index in [0.29, 0.717) is 41.4 Å². The number of carbonyl (C=O) groups excluding carboxylic acids is 1. The number of hydrogen-bond acceptors (Lipinski definition) is 5. The van der Waals surface area contributed by atoms with Crippen LogP contribution >= 0.6 is 0 Å². The number of aliphatic hydroxyl groups is 1. The molecular weight excluding hydrogens is 294 g/mol. The first-order valence-electron chi connectivity index (χ1n) is 8.32. The van der Waals surface area contributed by atoms with Crippen molar-refractivity contribution in [1.82, 2.24) is 15.0 Å². The average Bonchev–Trinajstić information content (AvgIpc) is 3.34. The van der Waals surface area contributed by atoms with Gasteiger partial charge >= 0.3 is 0 Å². The predicted octanol–water partition coefficient (Wildman–Crippen LogP) is 2.64. The third-order valence-corrected chi connectivity index (χ3v) is 4.30. The summed E-state index contributed by atoms with van der Waals surface area (Å²) in [4.78, 5) is 19.2. The van der Waals surface area contributed by atoms with Crippen LogP contribution in [0.25, 0.3) is 11.1 Å². The normalized spacial score (nSPS) is 14.4. The molecule has 1 amide bonds. The molecule has 6 heteroatoms. The highest BCUT2D eigenvalue weighted by atomic mass is 16.5. The van der Waals surface area contributed by atoms with Crippen molar-refractivity contribution in [3.63, 3.8) is 0 Å². The minimum Gasteiger partial charge on any atom is -0.395 e. The lowest BCUT2D eigenvalue weighted by Crippen LogP contribution is -2.34. The topological polar surface area (TPSA) is 79.5 Å². The number of unbranched alkanes of at least 4 members (excludes halogenated alkanes) is 1. The van der Waals surface area contributed by atoms with Gasteiger partial charge in [0, 0.05) is 24.7 Å².